The van der Waals surface area contributed by atoms with Crippen molar-refractivity contribution in [3.63, 3.8) is 0 Å². The molecule has 5 rings (SSSR count). The molecule has 1 aliphatic carbocycles. The Morgan fingerprint density at radius 3 is 2.79 bits per heavy atom. The van der Waals surface area contributed by atoms with Crippen LogP contribution in [0, 0.1) is 18.7 Å². The summed E-state index contributed by atoms with van der Waals surface area (Å²) in [5, 5.41) is 13.7. The minimum absolute atomic E-state index is 0.310. The highest BCUT2D eigenvalue weighted by molar-refractivity contribution is 6.30. The Kier molecular flexibility index (Phi) is 6.17. The molecule has 0 atom stereocenters. The van der Waals surface area contributed by atoms with Crippen molar-refractivity contribution in [2.24, 2.45) is 5.92 Å². The van der Waals surface area contributed by atoms with Crippen molar-refractivity contribution in [2.45, 2.75) is 52.1 Å². The van der Waals surface area contributed by atoms with E-state index in [4.69, 9.17) is 21.7 Å². The molecular formula is C24H25ClFN7. The molecule has 1 aromatic carbocycles. The Morgan fingerprint density at radius 2 is 2.00 bits per heavy atom. The van der Waals surface area contributed by atoms with E-state index in [9.17, 15) is 4.39 Å². The van der Waals surface area contributed by atoms with Gasteiger partial charge in [-0.1, -0.05) is 36.1 Å². The average molecular weight is 466 g/mol. The number of halogens is 2. The maximum atomic E-state index is 13.9. The lowest BCUT2D eigenvalue weighted by Gasteiger charge is -2.20. The molecule has 0 unspecified atom stereocenters. The molecule has 33 heavy (non-hydrogen) atoms. The molecule has 170 valence electrons. The molecule has 0 aliphatic heterocycles. The van der Waals surface area contributed by atoms with Gasteiger partial charge in [0.15, 0.2) is 11.5 Å². The van der Waals surface area contributed by atoms with Crippen molar-refractivity contribution in [3.8, 4) is 22.9 Å². The zero-order valence-electron chi connectivity index (χ0n) is 18.5. The summed E-state index contributed by atoms with van der Waals surface area (Å²) in [5.41, 5.74) is 3.18. The first-order chi connectivity index (χ1) is 16.0. The summed E-state index contributed by atoms with van der Waals surface area (Å²) in [5.74, 6) is 1.37. The van der Waals surface area contributed by atoms with Gasteiger partial charge in [-0.25, -0.2) is 14.1 Å². The first kappa shape index (κ1) is 21.7. The summed E-state index contributed by atoms with van der Waals surface area (Å²) < 4.78 is 17.6. The molecule has 1 aliphatic rings. The summed E-state index contributed by atoms with van der Waals surface area (Å²) in [4.78, 5) is 9.04. The summed E-state index contributed by atoms with van der Waals surface area (Å²) in [6, 6.07) is 6.39. The van der Waals surface area contributed by atoms with Crippen molar-refractivity contribution >= 4 is 11.6 Å². The summed E-state index contributed by atoms with van der Waals surface area (Å²) in [6.07, 6.45) is 11.8. The van der Waals surface area contributed by atoms with Crippen LogP contribution in [0.25, 0.3) is 22.9 Å². The summed E-state index contributed by atoms with van der Waals surface area (Å²) in [7, 11) is 0. The first-order valence-electron chi connectivity index (χ1n) is 11.3. The van der Waals surface area contributed by atoms with Gasteiger partial charge in [0.05, 0.1) is 12.7 Å². The third-order valence-corrected chi connectivity index (χ3v) is 6.36. The predicted octanol–water partition coefficient (Wildman–Crippen LogP) is 5.33. The molecule has 0 amide bonds. The van der Waals surface area contributed by atoms with Gasteiger partial charge in [0.1, 0.15) is 5.82 Å². The van der Waals surface area contributed by atoms with Crippen molar-refractivity contribution in [3.05, 3.63) is 64.8 Å². The molecule has 3 heterocycles. The van der Waals surface area contributed by atoms with E-state index in [-0.39, 0.29) is 5.82 Å². The number of nitrogens with zero attached hydrogens (tertiary/aromatic N) is 7. The maximum Gasteiger partial charge on any atom is 0.203 e. The third kappa shape index (κ3) is 4.95. The number of pyridine rings is 1. The minimum atomic E-state index is -0.386. The van der Waals surface area contributed by atoms with Gasteiger partial charge >= 0.3 is 0 Å². The summed E-state index contributed by atoms with van der Waals surface area (Å²) >= 11 is 6.07. The van der Waals surface area contributed by atoms with Gasteiger partial charge in [-0.15, -0.1) is 10.2 Å². The molecule has 0 bridgehead atoms. The molecule has 1 fully saturated rings. The number of hydrogen-bond donors (Lipinski definition) is 0. The van der Waals surface area contributed by atoms with E-state index in [1.165, 1.54) is 44.2 Å². The smallest absolute Gasteiger partial charge is 0.203 e. The second-order valence-electron chi connectivity index (χ2n) is 8.71. The fourth-order valence-corrected chi connectivity index (χ4v) is 4.70. The minimum Gasteiger partial charge on any atom is -0.264 e. The van der Waals surface area contributed by atoms with Crippen LogP contribution in [0.4, 0.5) is 4.39 Å². The lowest BCUT2D eigenvalue weighted by molar-refractivity contribution is 0.305. The maximum absolute atomic E-state index is 13.9. The Hall–Kier alpha value is -3.13. The van der Waals surface area contributed by atoms with Crippen LogP contribution in [0.1, 0.15) is 43.2 Å². The molecule has 1 saturated carbocycles. The standard InChI is InChI=1S/C24H25ClFN7/c1-16-7-8-27-12-21(16)24-28-23(30-33(24)14-18-9-19(25)11-20(26)10-18)22-15-32(31-29-22)13-17-5-3-2-4-6-17/h7-12,15,17H,2-6,13-14H2,1H3. The van der Waals surface area contributed by atoms with Crippen LogP contribution in [0.2, 0.25) is 5.02 Å². The fourth-order valence-electron chi connectivity index (χ4n) is 4.46. The molecular weight excluding hydrogens is 441 g/mol. The lowest BCUT2D eigenvalue weighted by atomic mass is 9.89. The molecule has 0 radical (unpaired) electrons. The molecule has 4 aromatic rings. The third-order valence-electron chi connectivity index (χ3n) is 6.14. The van der Waals surface area contributed by atoms with E-state index in [2.05, 4.69) is 15.3 Å². The van der Waals surface area contributed by atoms with Crippen LogP contribution in [-0.2, 0) is 13.1 Å². The van der Waals surface area contributed by atoms with Gasteiger partial charge in [0, 0.05) is 29.5 Å². The van der Waals surface area contributed by atoms with Crippen LogP contribution < -0.4 is 0 Å². The van der Waals surface area contributed by atoms with Gasteiger partial charge in [0.2, 0.25) is 5.82 Å². The van der Waals surface area contributed by atoms with E-state index >= 15 is 0 Å². The molecule has 0 spiro atoms. The Labute approximate surface area is 196 Å². The van der Waals surface area contributed by atoms with Crippen molar-refractivity contribution < 1.29 is 4.39 Å². The van der Waals surface area contributed by atoms with Gasteiger partial charge in [-0.3, -0.25) is 9.67 Å². The van der Waals surface area contributed by atoms with E-state index in [0.717, 1.165) is 17.7 Å². The topological polar surface area (TPSA) is 74.3 Å². The molecule has 0 N–H and O–H groups in total. The SMILES string of the molecule is Cc1ccncc1-c1nc(-c2cn(CC3CCCCC3)nn2)nn1Cc1cc(F)cc(Cl)c1. The highest BCUT2D eigenvalue weighted by atomic mass is 35.5. The van der Waals surface area contributed by atoms with Crippen LogP contribution in [0.15, 0.2) is 42.9 Å². The predicted molar refractivity (Wildman–Crippen MR) is 124 cm³/mol. The lowest BCUT2D eigenvalue weighted by Crippen LogP contribution is -2.14. The number of aryl methyl sites for hydroxylation is 1. The van der Waals surface area contributed by atoms with Gasteiger partial charge in [-0.2, -0.15) is 0 Å². The van der Waals surface area contributed by atoms with E-state index in [1.54, 1.807) is 23.1 Å². The summed E-state index contributed by atoms with van der Waals surface area (Å²) in [6.45, 7) is 3.17. The largest absolute Gasteiger partial charge is 0.264 e. The second kappa shape index (κ2) is 9.39. The Bertz CT molecular complexity index is 1240. The average Bonchev–Trinajstić information content (AvgIpc) is 3.41. The van der Waals surface area contributed by atoms with E-state index in [0.29, 0.717) is 40.4 Å². The van der Waals surface area contributed by atoms with Crippen LogP contribution >= 0.6 is 11.6 Å². The molecule has 0 saturated heterocycles. The fraction of sp³-hybridized carbons (Fsp3) is 0.375. The molecule has 9 heteroatoms. The van der Waals surface area contributed by atoms with Crippen LogP contribution in [0.5, 0.6) is 0 Å². The quantitative estimate of drug-likeness (QED) is 0.385. The second-order valence-corrected chi connectivity index (χ2v) is 9.15. The van der Waals surface area contributed by atoms with Crippen molar-refractivity contribution in [1.82, 2.24) is 34.7 Å². The van der Waals surface area contributed by atoms with Gasteiger partial charge in [0.25, 0.3) is 0 Å². The zero-order valence-corrected chi connectivity index (χ0v) is 19.2. The van der Waals surface area contributed by atoms with Crippen LogP contribution in [0.3, 0.4) is 0 Å². The van der Waals surface area contributed by atoms with Crippen molar-refractivity contribution in [2.75, 3.05) is 0 Å². The number of rotatable bonds is 6. The normalized spacial score (nSPS) is 14.6. The van der Waals surface area contributed by atoms with Gasteiger partial charge in [-0.05, 0) is 61.1 Å². The monoisotopic (exact) mass is 465 g/mol. The first-order valence-corrected chi connectivity index (χ1v) is 11.6. The number of aromatic nitrogens is 7. The number of benzene rings is 1. The highest BCUT2D eigenvalue weighted by Gasteiger charge is 2.20. The van der Waals surface area contributed by atoms with Crippen LogP contribution in [-0.4, -0.2) is 34.7 Å². The van der Waals surface area contributed by atoms with E-state index < -0.39 is 0 Å². The highest BCUT2D eigenvalue weighted by Crippen LogP contribution is 2.27. The molecule has 7 nitrogen and oxygen atoms in total. The van der Waals surface area contributed by atoms with Gasteiger partial charge < -0.3 is 0 Å². The number of hydrogen-bond acceptors (Lipinski definition) is 5. The zero-order chi connectivity index (χ0) is 22.8. The Morgan fingerprint density at radius 1 is 1.15 bits per heavy atom. The molecule has 3 aromatic heterocycles. The van der Waals surface area contributed by atoms with Crippen molar-refractivity contribution in [1.29, 1.82) is 0 Å². The Balaban J connectivity index is 1.48. The van der Waals surface area contributed by atoms with E-state index in [1.807, 2.05) is 23.9 Å².